The maximum Gasteiger partial charge on any atom is 0.293 e. The van der Waals surface area contributed by atoms with Crippen LogP contribution in [-0.2, 0) is 17.9 Å². The number of nitrogens with zero attached hydrogens (tertiary/aromatic N) is 2. The van der Waals surface area contributed by atoms with Crippen molar-refractivity contribution in [2.45, 2.75) is 13.2 Å². The van der Waals surface area contributed by atoms with Gasteiger partial charge in [0.05, 0.1) is 35.2 Å². The Balaban J connectivity index is 1.55. The predicted octanol–water partition coefficient (Wildman–Crippen LogP) is 7.34. The molecule has 2 amide bonds. The number of thioether (sulfide) groups is 1. The van der Waals surface area contributed by atoms with Crippen molar-refractivity contribution in [2.75, 3.05) is 7.11 Å². The minimum absolute atomic E-state index is 0.00977. The van der Waals surface area contributed by atoms with E-state index in [0.717, 1.165) is 22.2 Å². The van der Waals surface area contributed by atoms with Gasteiger partial charge in [-0.1, -0.05) is 59.1 Å². The summed E-state index contributed by atoms with van der Waals surface area (Å²) in [5.74, 6) is 0.204. The summed E-state index contributed by atoms with van der Waals surface area (Å²) in [6.07, 6.45) is 1.56. The fourth-order valence-corrected chi connectivity index (χ4v) is 5.05. The number of amides is 2. The van der Waals surface area contributed by atoms with Crippen LogP contribution in [0.1, 0.15) is 22.3 Å². The number of ether oxygens (including phenoxy) is 2. The zero-order valence-electron chi connectivity index (χ0n) is 18.8. The van der Waals surface area contributed by atoms with E-state index < -0.39 is 11.1 Å². The van der Waals surface area contributed by atoms with Crippen LogP contribution in [0.25, 0.3) is 6.08 Å². The van der Waals surface area contributed by atoms with Crippen molar-refractivity contribution in [3.05, 3.63) is 96.8 Å². The molecule has 3 aromatic carbocycles. The van der Waals surface area contributed by atoms with Crippen molar-refractivity contribution in [3.8, 4) is 17.6 Å². The Kier molecular flexibility index (Phi) is 8.12. The summed E-state index contributed by atoms with van der Waals surface area (Å²) < 4.78 is 11.3. The van der Waals surface area contributed by atoms with Crippen molar-refractivity contribution >= 4 is 63.8 Å². The summed E-state index contributed by atoms with van der Waals surface area (Å²) in [5, 5.41) is 10.1. The second kappa shape index (κ2) is 11.3. The minimum atomic E-state index is -0.453. The van der Waals surface area contributed by atoms with Crippen LogP contribution in [0, 0.1) is 11.3 Å². The first kappa shape index (κ1) is 25.9. The van der Waals surface area contributed by atoms with Crippen LogP contribution in [0.2, 0.25) is 15.1 Å². The first-order chi connectivity index (χ1) is 17.3. The van der Waals surface area contributed by atoms with E-state index in [1.54, 1.807) is 60.7 Å². The lowest BCUT2D eigenvalue weighted by molar-refractivity contribution is -0.123. The maximum atomic E-state index is 13.0. The molecule has 0 spiro atoms. The summed E-state index contributed by atoms with van der Waals surface area (Å²) in [6.45, 7) is 0.143. The number of halogens is 3. The van der Waals surface area contributed by atoms with Gasteiger partial charge in [-0.15, -0.1) is 0 Å². The number of imide groups is 1. The number of carbonyl (C=O) groups is 2. The highest BCUT2D eigenvalue weighted by Gasteiger charge is 2.35. The Hall–Kier alpha value is -3.15. The highest BCUT2D eigenvalue weighted by molar-refractivity contribution is 8.18. The zero-order chi connectivity index (χ0) is 25.8. The molecule has 36 heavy (non-hydrogen) atoms. The van der Waals surface area contributed by atoms with Gasteiger partial charge in [-0.3, -0.25) is 14.5 Å². The van der Waals surface area contributed by atoms with Crippen molar-refractivity contribution in [1.82, 2.24) is 4.90 Å². The average molecular weight is 560 g/mol. The quantitative estimate of drug-likeness (QED) is 0.282. The molecule has 1 saturated heterocycles. The SMILES string of the molecule is COc1cc(/C=C2/SC(=O)N(Cc3ccccc3C#N)C2=O)cc(Cl)c1OCc1ccc(Cl)cc1Cl. The molecule has 0 atom stereocenters. The van der Waals surface area contributed by atoms with Crippen molar-refractivity contribution in [2.24, 2.45) is 0 Å². The molecule has 0 saturated carbocycles. The normalized spacial score (nSPS) is 14.3. The summed E-state index contributed by atoms with van der Waals surface area (Å²) in [7, 11) is 1.47. The van der Waals surface area contributed by atoms with Gasteiger partial charge in [0.2, 0.25) is 0 Å². The molecule has 1 aliphatic rings. The zero-order valence-corrected chi connectivity index (χ0v) is 21.8. The van der Waals surface area contributed by atoms with E-state index in [4.69, 9.17) is 44.3 Å². The molecule has 0 aromatic heterocycles. The van der Waals surface area contributed by atoms with Gasteiger partial charge >= 0.3 is 0 Å². The van der Waals surface area contributed by atoms with Crippen LogP contribution in [0.4, 0.5) is 4.79 Å². The third-order valence-electron chi connectivity index (χ3n) is 5.28. The second-order valence-electron chi connectivity index (χ2n) is 7.60. The Morgan fingerprint density at radius 2 is 1.81 bits per heavy atom. The van der Waals surface area contributed by atoms with E-state index in [1.807, 2.05) is 0 Å². The van der Waals surface area contributed by atoms with Crippen LogP contribution in [0.15, 0.2) is 59.5 Å². The molecule has 10 heteroatoms. The monoisotopic (exact) mass is 558 g/mol. The fraction of sp³-hybridized carbons (Fsp3) is 0.115. The summed E-state index contributed by atoms with van der Waals surface area (Å²) in [4.78, 5) is 26.9. The largest absolute Gasteiger partial charge is 0.493 e. The number of rotatable bonds is 7. The van der Waals surface area contributed by atoms with Gasteiger partial charge in [0.25, 0.3) is 11.1 Å². The second-order valence-corrected chi connectivity index (χ2v) is 9.84. The van der Waals surface area contributed by atoms with E-state index in [1.165, 1.54) is 7.11 Å². The molecule has 1 aliphatic heterocycles. The first-order valence-electron chi connectivity index (χ1n) is 10.5. The number of carbonyl (C=O) groups excluding carboxylic acids is 2. The van der Waals surface area contributed by atoms with E-state index in [9.17, 15) is 14.9 Å². The van der Waals surface area contributed by atoms with Gasteiger partial charge in [0, 0.05) is 15.6 Å². The number of hydrogen-bond donors (Lipinski definition) is 0. The number of benzene rings is 3. The number of methoxy groups -OCH3 is 1. The molecule has 4 rings (SSSR count). The third kappa shape index (κ3) is 5.63. The highest BCUT2D eigenvalue weighted by atomic mass is 35.5. The van der Waals surface area contributed by atoms with E-state index in [-0.39, 0.29) is 23.1 Å². The number of hydrogen-bond acceptors (Lipinski definition) is 6. The Bertz CT molecular complexity index is 1440. The van der Waals surface area contributed by atoms with Gasteiger partial charge in [-0.05, 0) is 59.3 Å². The smallest absolute Gasteiger partial charge is 0.293 e. The van der Waals surface area contributed by atoms with Crippen molar-refractivity contribution < 1.29 is 19.1 Å². The van der Waals surface area contributed by atoms with E-state index in [0.29, 0.717) is 38.2 Å². The fourth-order valence-electron chi connectivity index (χ4n) is 3.48. The molecule has 182 valence electrons. The Labute approximate surface area is 227 Å². The van der Waals surface area contributed by atoms with Gasteiger partial charge in [0.1, 0.15) is 6.61 Å². The van der Waals surface area contributed by atoms with Gasteiger partial charge < -0.3 is 9.47 Å². The van der Waals surface area contributed by atoms with Gasteiger partial charge in [-0.25, -0.2) is 0 Å². The molecule has 3 aromatic rings. The molecular weight excluding hydrogens is 543 g/mol. The molecule has 0 radical (unpaired) electrons. The topological polar surface area (TPSA) is 79.6 Å². The summed E-state index contributed by atoms with van der Waals surface area (Å²) in [5.41, 5.74) is 2.27. The summed E-state index contributed by atoms with van der Waals surface area (Å²) >= 11 is 19.5. The van der Waals surface area contributed by atoms with Crippen LogP contribution in [0.5, 0.6) is 11.5 Å². The molecule has 0 unspecified atom stereocenters. The average Bonchev–Trinajstić information content (AvgIpc) is 3.11. The van der Waals surface area contributed by atoms with E-state index >= 15 is 0 Å². The van der Waals surface area contributed by atoms with Crippen LogP contribution >= 0.6 is 46.6 Å². The summed E-state index contributed by atoms with van der Waals surface area (Å²) in [6, 6.07) is 17.3. The lowest BCUT2D eigenvalue weighted by Crippen LogP contribution is -2.27. The standard InChI is InChI=1S/C26H17Cl3N2O4S/c1-34-22-9-15(8-21(29)24(22)35-14-18-6-7-19(27)11-20(18)28)10-23-25(32)31(26(33)36-23)13-17-5-3-2-4-16(17)12-30/h2-11H,13-14H2,1H3/b23-10+. The lowest BCUT2D eigenvalue weighted by Gasteiger charge is -2.14. The maximum absolute atomic E-state index is 13.0. The van der Waals surface area contributed by atoms with Gasteiger partial charge in [0.15, 0.2) is 11.5 Å². The van der Waals surface area contributed by atoms with Crippen LogP contribution in [0.3, 0.4) is 0 Å². The molecule has 0 N–H and O–H groups in total. The molecule has 0 bridgehead atoms. The van der Waals surface area contributed by atoms with Crippen LogP contribution < -0.4 is 9.47 Å². The highest BCUT2D eigenvalue weighted by Crippen LogP contribution is 2.40. The molecular formula is C26H17Cl3N2O4S. The Morgan fingerprint density at radius 1 is 1.03 bits per heavy atom. The molecule has 0 aliphatic carbocycles. The molecule has 1 heterocycles. The molecule has 1 fully saturated rings. The first-order valence-corrected chi connectivity index (χ1v) is 12.4. The lowest BCUT2D eigenvalue weighted by atomic mass is 10.1. The third-order valence-corrected chi connectivity index (χ3v) is 7.05. The van der Waals surface area contributed by atoms with Crippen molar-refractivity contribution in [3.63, 3.8) is 0 Å². The minimum Gasteiger partial charge on any atom is -0.493 e. The number of nitriles is 1. The van der Waals surface area contributed by atoms with Gasteiger partial charge in [-0.2, -0.15) is 5.26 Å². The Morgan fingerprint density at radius 3 is 2.53 bits per heavy atom. The van der Waals surface area contributed by atoms with E-state index in [2.05, 4.69) is 6.07 Å². The predicted molar refractivity (Wildman–Crippen MR) is 141 cm³/mol. The molecule has 6 nitrogen and oxygen atoms in total. The van der Waals surface area contributed by atoms with Crippen LogP contribution in [-0.4, -0.2) is 23.2 Å². The van der Waals surface area contributed by atoms with Crippen molar-refractivity contribution in [1.29, 1.82) is 5.26 Å².